The predicted octanol–water partition coefficient (Wildman–Crippen LogP) is 2.49. The van der Waals surface area contributed by atoms with Crippen LogP contribution in [0, 0.1) is 11.3 Å². The van der Waals surface area contributed by atoms with Crippen LogP contribution in [0.3, 0.4) is 0 Å². The Morgan fingerprint density at radius 1 is 1.04 bits per heavy atom. The van der Waals surface area contributed by atoms with Gasteiger partial charge in [-0.3, -0.25) is 9.69 Å². The van der Waals surface area contributed by atoms with E-state index in [0.717, 1.165) is 19.6 Å². The lowest BCUT2D eigenvalue weighted by Crippen LogP contribution is -2.63. The van der Waals surface area contributed by atoms with E-state index >= 15 is 0 Å². The van der Waals surface area contributed by atoms with Crippen LogP contribution >= 0.6 is 0 Å². The molecule has 3 saturated heterocycles. The van der Waals surface area contributed by atoms with Gasteiger partial charge in [0, 0.05) is 35.0 Å². The summed E-state index contributed by atoms with van der Waals surface area (Å²) in [7, 11) is 2.28. The lowest BCUT2D eigenvalue weighted by molar-refractivity contribution is -0.124. The standard InChI is InChI=1S/C19H35N3O/c1-14-16(23)20-13-19(14)7-9-22(10-8-19)15-11-17(2,3)21(6)18(4,5)12-15/h14-15H,7-13H2,1-6H3,(H,20,23). The number of carbonyl (C=O) groups excluding carboxylic acids is 1. The summed E-state index contributed by atoms with van der Waals surface area (Å²) in [4.78, 5) is 17.2. The molecule has 0 aromatic rings. The van der Waals surface area contributed by atoms with Gasteiger partial charge in [0.15, 0.2) is 0 Å². The van der Waals surface area contributed by atoms with Crippen molar-refractivity contribution in [2.45, 2.75) is 77.4 Å². The van der Waals surface area contributed by atoms with Crippen LogP contribution in [-0.2, 0) is 4.79 Å². The summed E-state index contributed by atoms with van der Waals surface area (Å²) in [5.74, 6) is 0.454. The van der Waals surface area contributed by atoms with Crippen LogP contribution in [0.4, 0.5) is 0 Å². The normalized spacial score (nSPS) is 34.7. The number of carbonyl (C=O) groups is 1. The molecule has 1 amide bonds. The molecule has 4 heteroatoms. The second-order valence-corrected chi connectivity index (χ2v) is 9.58. The number of likely N-dealkylation sites (tertiary alicyclic amines) is 2. The van der Waals surface area contributed by atoms with E-state index in [9.17, 15) is 4.79 Å². The largest absolute Gasteiger partial charge is 0.355 e. The zero-order valence-electron chi connectivity index (χ0n) is 15.9. The van der Waals surface area contributed by atoms with Gasteiger partial charge >= 0.3 is 0 Å². The molecule has 0 radical (unpaired) electrons. The van der Waals surface area contributed by atoms with Gasteiger partial charge in [0.1, 0.15) is 0 Å². The Labute approximate surface area is 142 Å². The van der Waals surface area contributed by atoms with Crippen LogP contribution in [0.15, 0.2) is 0 Å². The average Bonchev–Trinajstić information content (AvgIpc) is 2.74. The maximum absolute atomic E-state index is 11.9. The van der Waals surface area contributed by atoms with Gasteiger partial charge < -0.3 is 10.2 Å². The van der Waals surface area contributed by atoms with Crippen molar-refractivity contribution in [2.75, 3.05) is 26.7 Å². The molecule has 3 aliphatic rings. The van der Waals surface area contributed by atoms with Gasteiger partial charge in [-0.15, -0.1) is 0 Å². The van der Waals surface area contributed by atoms with Crippen LogP contribution in [0.5, 0.6) is 0 Å². The first-order valence-corrected chi connectivity index (χ1v) is 9.33. The van der Waals surface area contributed by atoms with Gasteiger partial charge in [-0.2, -0.15) is 0 Å². The van der Waals surface area contributed by atoms with Crippen LogP contribution < -0.4 is 5.32 Å². The van der Waals surface area contributed by atoms with E-state index in [1.165, 1.54) is 25.7 Å². The van der Waals surface area contributed by atoms with Crippen molar-refractivity contribution in [3.05, 3.63) is 0 Å². The number of amides is 1. The third kappa shape index (κ3) is 2.82. The van der Waals surface area contributed by atoms with Gasteiger partial charge in [-0.05, 0) is 73.5 Å². The molecule has 3 fully saturated rings. The molecule has 0 aromatic carbocycles. The number of rotatable bonds is 1. The lowest BCUT2D eigenvalue weighted by atomic mass is 9.70. The second kappa shape index (κ2) is 5.45. The fourth-order valence-corrected chi connectivity index (χ4v) is 5.37. The van der Waals surface area contributed by atoms with Gasteiger partial charge in [0.05, 0.1) is 0 Å². The molecular weight excluding hydrogens is 286 g/mol. The van der Waals surface area contributed by atoms with E-state index in [4.69, 9.17) is 0 Å². The maximum Gasteiger partial charge on any atom is 0.223 e. The number of nitrogens with one attached hydrogen (secondary N) is 1. The van der Waals surface area contributed by atoms with Crippen molar-refractivity contribution >= 4 is 5.91 Å². The summed E-state index contributed by atoms with van der Waals surface area (Å²) in [6, 6.07) is 0.675. The quantitative estimate of drug-likeness (QED) is 0.806. The Bertz CT molecular complexity index is 459. The number of nitrogens with zero attached hydrogens (tertiary/aromatic N) is 2. The van der Waals surface area contributed by atoms with E-state index < -0.39 is 0 Å². The summed E-state index contributed by atoms with van der Waals surface area (Å²) >= 11 is 0. The van der Waals surface area contributed by atoms with Crippen molar-refractivity contribution < 1.29 is 4.79 Å². The highest BCUT2D eigenvalue weighted by Crippen LogP contribution is 2.45. The van der Waals surface area contributed by atoms with E-state index in [-0.39, 0.29) is 28.3 Å². The molecule has 0 aromatic heterocycles. The summed E-state index contributed by atoms with van der Waals surface area (Å²) in [5.41, 5.74) is 0.726. The highest BCUT2D eigenvalue weighted by Gasteiger charge is 2.50. The van der Waals surface area contributed by atoms with E-state index in [2.05, 4.69) is 56.8 Å². The maximum atomic E-state index is 11.9. The molecule has 3 heterocycles. The summed E-state index contributed by atoms with van der Waals surface area (Å²) < 4.78 is 0. The van der Waals surface area contributed by atoms with E-state index in [1.807, 2.05) is 0 Å². The molecular formula is C19H35N3O. The fourth-order valence-electron chi connectivity index (χ4n) is 5.37. The second-order valence-electron chi connectivity index (χ2n) is 9.58. The molecule has 4 nitrogen and oxygen atoms in total. The summed E-state index contributed by atoms with van der Waals surface area (Å²) in [6.07, 6.45) is 4.82. The Balaban J connectivity index is 1.67. The molecule has 1 atom stereocenters. The molecule has 1 N–H and O–H groups in total. The Hall–Kier alpha value is -0.610. The SMILES string of the molecule is CC1C(=O)NCC12CCN(C1CC(C)(C)N(C)C(C)(C)C1)CC2. The zero-order valence-corrected chi connectivity index (χ0v) is 15.9. The zero-order chi connectivity index (χ0) is 17.0. The van der Waals surface area contributed by atoms with E-state index in [0.29, 0.717) is 6.04 Å². The molecule has 132 valence electrons. The van der Waals surface area contributed by atoms with Crippen LogP contribution in [0.1, 0.15) is 60.3 Å². The summed E-state index contributed by atoms with van der Waals surface area (Å²) in [6.45, 7) is 14.9. The molecule has 3 aliphatic heterocycles. The minimum Gasteiger partial charge on any atom is -0.355 e. The highest BCUT2D eigenvalue weighted by molar-refractivity contribution is 5.81. The third-order valence-corrected chi connectivity index (χ3v) is 7.52. The van der Waals surface area contributed by atoms with Crippen LogP contribution in [0.25, 0.3) is 0 Å². The van der Waals surface area contributed by atoms with Crippen molar-refractivity contribution in [1.82, 2.24) is 15.1 Å². The smallest absolute Gasteiger partial charge is 0.223 e. The first-order chi connectivity index (χ1) is 10.6. The first-order valence-electron chi connectivity index (χ1n) is 9.33. The molecule has 23 heavy (non-hydrogen) atoms. The molecule has 0 aliphatic carbocycles. The monoisotopic (exact) mass is 321 g/mol. The Morgan fingerprint density at radius 3 is 2.00 bits per heavy atom. The number of hydrogen-bond acceptors (Lipinski definition) is 3. The Kier molecular flexibility index (Phi) is 4.08. The molecule has 3 rings (SSSR count). The van der Waals surface area contributed by atoms with Gasteiger partial charge in [-0.1, -0.05) is 6.92 Å². The fraction of sp³-hybridized carbons (Fsp3) is 0.947. The molecule has 1 spiro atoms. The highest BCUT2D eigenvalue weighted by atomic mass is 16.2. The van der Waals surface area contributed by atoms with Crippen LogP contribution in [-0.4, -0.2) is 59.5 Å². The lowest BCUT2D eigenvalue weighted by Gasteiger charge is -2.56. The number of hydrogen-bond donors (Lipinski definition) is 1. The van der Waals surface area contributed by atoms with Crippen molar-refractivity contribution in [3.63, 3.8) is 0 Å². The van der Waals surface area contributed by atoms with Gasteiger partial charge in [0.25, 0.3) is 0 Å². The van der Waals surface area contributed by atoms with Gasteiger partial charge in [0.2, 0.25) is 5.91 Å². The number of piperidine rings is 2. The van der Waals surface area contributed by atoms with Crippen molar-refractivity contribution in [2.24, 2.45) is 11.3 Å². The average molecular weight is 322 g/mol. The first kappa shape index (κ1) is 17.2. The third-order valence-electron chi connectivity index (χ3n) is 7.52. The van der Waals surface area contributed by atoms with E-state index in [1.54, 1.807) is 0 Å². The molecule has 0 bridgehead atoms. The summed E-state index contributed by atoms with van der Waals surface area (Å²) in [5, 5.41) is 3.09. The molecule has 1 unspecified atom stereocenters. The Morgan fingerprint density at radius 2 is 1.57 bits per heavy atom. The topological polar surface area (TPSA) is 35.6 Å². The predicted molar refractivity (Wildman–Crippen MR) is 94.4 cm³/mol. The van der Waals surface area contributed by atoms with Gasteiger partial charge in [-0.25, -0.2) is 0 Å². The van der Waals surface area contributed by atoms with Crippen molar-refractivity contribution in [1.29, 1.82) is 0 Å². The minimum atomic E-state index is 0.190. The minimum absolute atomic E-state index is 0.190. The molecule has 0 saturated carbocycles. The van der Waals surface area contributed by atoms with Crippen LogP contribution in [0.2, 0.25) is 0 Å². The van der Waals surface area contributed by atoms with Crippen molar-refractivity contribution in [3.8, 4) is 0 Å².